The molecule has 2 heterocycles. The van der Waals surface area contributed by atoms with Crippen LogP contribution in [0.15, 0.2) is 12.3 Å². The largest absolute Gasteiger partial charge is 0.354 e. The number of carbonyl (C=O) groups is 2. The lowest BCUT2D eigenvalue weighted by Crippen LogP contribution is -2.36. The molecule has 0 fully saturated rings. The quantitative estimate of drug-likeness (QED) is 0.801. The molecule has 2 aromatic heterocycles. The van der Waals surface area contributed by atoms with E-state index in [1.807, 2.05) is 33.8 Å². The van der Waals surface area contributed by atoms with Crippen molar-refractivity contribution in [3.8, 4) is 0 Å². The third kappa shape index (κ3) is 3.41. The number of aromatic nitrogens is 3. The van der Waals surface area contributed by atoms with Gasteiger partial charge in [0.1, 0.15) is 0 Å². The molecule has 0 saturated heterocycles. The van der Waals surface area contributed by atoms with Gasteiger partial charge in [-0.2, -0.15) is 5.10 Å². The highest BCUT2D eigenvalue weighted by Crippen LogP contribution is 2.10. The molecule has 0 atom stereocenters. The number of rotatable bonds is 5. The second-order valence-corrected chi connectivity index (χ2v) is 5.51. The molecule has 0 saturated carbocycles. The van der Waals surface area contributed by atoms with Gasteiger partial charge in [0.25, 0.3) is 5.91 Å². The second-order valence-electron chi connectivity index (χ2n) is 5.51. The first-order valence-corrected chi connectivity index (χ1v) is 7.28. The fraction of sp³-hybridized carbons (Fsp3) is 0.467. The lowest BCUT2D eigenvalue weighted by Gasteiger charge is -2.10. The zero-order valence-corrected chi connectivity index (χ0v) is 13.3. The van der Waals surface area contributed by atoms with Gasteiger partial charge in [0, 0.05) is 31.3 Å². The van der Waals surface area contributed by atoms with E-state index in [2.05, 4.69) is 20.7 Å². The summed E-state index contributed by atoms with van der Waals surface area (Å²) in [6.07, 6.45) is 1.55. The Balaban J connectivity index is 1.98. The van der Waals surface area contributed by atoms with Gasteiger partial charge in [0.2, 0.25) is 5.91 Å². The summed E-state index contributed by atoms with van der Waals surface area (Å²) in [7, 11) is 0. The zero-order valence-electron chi connectivity index (χ0n) is 13.3. The average molecular weight is 303 g/mol. The Bertz CT molecular complexity index is 705. The molecule has 2 aromatic rings. The van der Waals surface area contributed by atoms with Crippen LogP contribution in [0.3, 0.4) is 0 Å². The molecule has 118 valence electrons. The average Bonchev–Trinajstić information content (AvgIpc) is 2.84. The van der Waals surface area contributed by atoms with Crippen molar-refractivity contribution >= 4 is 17.5 Å². The Morgan fingerprint density at radius 3 is 2.59 bits per heavy atom. The summed E-state index contributed by atoms with van der Waals surface area (Å²) in [6.45, 7) is 8.13. The van der Waals surface area contributed by atoms with Gasteiger partial charge < -0.3 is 10.6 Å². The minimum atomic E-state index is -0.223. The van der Waals surface area contributed by atoms with Crippen LogP contribution in [0.25, 0.3) is 5.65 Å². The number of hydrogen-bond acceptors (Lipinski definition) is 4. The molecule has 0 aliphatic heterocycles. The first-order chi connectivity index (χ1) is 10.4. The Kier molecular flexibility index (Phi) is 4.75. The first kappa shape index (κ1) is 15.9. The molecule has 2 rings (SSSR count). The molecule has 0 unspecified atom stereocenters. The van der Waals surface area contributed by atoms with Crippen molar-refractivity contribution in [1.29, 1.82) is 0 Å². The van der Waals surface area contributed by atoms with E-state index in [1.165, 1.54) is 0 Å². The summed E-state index contributed by atoms with van der Waals surface area (Å²) in [5.74, 6) is -0.313. The van der Waals surface area contributed by atoms with Gasteiger partial charge >= 0.3 is 0 Å². The molecule has 0 aromatic carbocycles. The third-order valence-corrected chi connectivity index (χ3v) is 3.32. The minimum absolute atomic E-state index is 0.0273. The number of amides is 2. The summed E-state index contributed by atoms with van der Waals surface area (Å²) in [5.41, 5.74) is 2.79. The van der Waals surface area contributed by atoms with Crippen molar-refractivity contribution in [3.63, 3.8) is 0 Å². The van der Waals surface area contributed by atoms with Crippen molar-refractivity contribution in [2.45, 2.75) is 27.7 Å². The molecule has 2 amide bonds. The third-order valence-electron chi connectivity index (χ3n) is 3.32. The van der Waals surface area contributed by atoms with Crippen molar-refractivity contribution in [2.24, 2.45) is 5.92 Å². The van der Waals surface area contributed by atoms with Crippen LogP contribution < -0.4 is 10.6 Å². The lowest BCUT2D eigenvalue weighted by molar-refractivity contribution is -0.123. The number of fused-ring (bicyclic) bond motifs is 1. The summed E-state index contributed by atoms with van der Waals surface area (Å²) in [6, 6.07) is 1.86. The van der Waals surface area contributed by atoms with E-state index in [1.54, 1.807) is 10.7 Å². The number of aryl methyl sites for hydroxylation is 2. The minimum Gasteiger partial charge on any atom is -0.354 e. The number of nitrogens with one attached hydrogen (secondary N) is 2. The van der Waals surface area contributed by atoms with Gasteiger partial charge in [-0.25, -0.2) is 9.50 Å². The van der Waals surface area contributed by atoms with E-state index in [0.29, 0.717) is 18.7 Å². The Labute approximate surface area is 129 Å². The van der Waals surface area contributed by atoms with E-state index in [0.717, 1.165) is 17.0 Å². The predicted molar refractivity (Wildman–Crippen MR) is 82.6 cm³/mol. The monoisotopic (exact) mass is 303 g/mol. The Hall–Kier alpha value is -2.44. The summed E-state index contributed by atoms with van der Waals surface area (Å²) in [4.78, 5) is 27.8. The van der Waals surface area contributed by atoms with E-state index < -0.39 is 0 Å². The predicted octanol–water partition coefficient (Wildman–Crippen LogP) is 0.848. The summed E-state index contributed by atoms with van der Waals surface area (Å²) in [5, 5.41) is 9.83. The highest BCUT2D eigenvalue weighted by Gasteiger charge is 2.13. The van der Waals surface area contributed by atoms with Gasteiger partial charge in [-0.15, -0.1) is 0 Å². The van der Waals surface area contributed by atoms with Crippen LogP contribution in [0, 0.1) is 19.8 Å². The Morgan fingerprint density at radius 1 is 1.23 bits per heavy atom. The number of hydrogen-bond donors (Lipinski definition) is 2. The molecule has 7 heteroatoms. The van der Waals surface area contributed by atoms with E-state index in [9.17, 15) is 9.59 Å². The maximum absolute atomic E-state index is 12.2. The van der Waals surface area contributed by atoms with Crippen LogP contribution >= 0.6 is 0 Å². The fourth-order valence-corrected chi connectivity index (χ4v) is 2.05. The zero-order chi connectivity index (χ0) is 16.3. The van der Waals surface area contributed by atoms with Crippen LogP contribution in [-0.4, -0.2) is 39.5 Å². The van der Waals surface area contributed by atoms with Crippen molar-refractivity contribution in [2.75, 3.05) is 13.1 Å². The normalized spacial score (nSPS) is 11.0. The fourth-order valence-electron chi connectivity index (χ4n) is 2.05. The molecule has 0 spiro atoms. The maximum Gasteiger partial charge on any atom is 0.254 e. The molecule has 0 bridgehead atoms. The molecule has 0 aliphatic carbocycles. The Morgan fingerprint density at radius 2 is 1.91 bits per heavy atom. The summed E-state index contributed by atoms with van der Waals surface area (Å²) >= 11 is 0. The smallest absolute Gasteiger partial charge is 0.254 e. The highest BCUT2D eigenvalue weighted by molar-refractivity contribution is 5.95. The van der Waals surface area contributed by atoms with Gasteiger partial charge in [0.05, 0.1) is 17.0 Å². The SMILES string of the molecule is Cc1cc2ncc(C(=O)NCCNC(=O)C(C)C)c(C)n2n1. The molecule has 2 N–H and O–H groups in total. The van der Waals surface area contributed by atoms with Crippen LogP contribution in [0.1, 0.15) is 35.6 Å². The van der Waals surface area contributed by atoms with E-state index >= 15 is 0 Å². The highest BCUT2D eigenvalue weighted by atomic mass is 16.2. The lowest BCUT2D eigenvalue weighted by atomic mass is 10.2. The molecular weight excluding hydrogens is 282 g/mol. The van der Waals surface area contributed by atoms with Crippen molar-refractivity contribution < 1.29 is 9.59 Å². The van der Waals surface area contributed by atoms with Crippen molar-refractivity contribution in [3.05, 3.63) is 29.2 Å². The maximum atomic E-state index is 12.2. The van der Waals surface area contributed by atoms with Gasteiger partial charge in [-0.1, -0.05) is 13.8 Å². The van der Waals surface area contributed by atoms with Gasteiger partial charge in [0.15, 0.2) is 5.65 Å². The first-order valence-electron chi connectivity index (χ1n) is 7.28. The van der Waals surface area contributed by atoms with Gasteiger partial charge in [-0.05, 0) is 13.8 Å². The molecule has 0 radical (unpaired) electrons. The molecular formula is C15H21N5O2. The van der Waals surface area contributed by atoms with Crippen LogP contribution in [0.2, 0.25) is 0 Å². The topological polar surface area (TPSA) is 88.4 Å². The van der Waals surface area contributed by atoms with E-state index in [4.69, 9.17) is 0 Å². The summed E-state index contributed by atoms with van der Waals surface area (Å²) < 4.78 is 1.66. The molecule has 0 aliphatic rings. The van der Waals surface area contributed by atoms with Crippen LogP contribution in [0.5, 0.6) is 0 Å². The number of nitrogens with zero attached hydrogens (tertiary/aromatic N) is 3. The molecule has 7 nitrogen and oxygen atoms in total. The van der Waals surface area contributed by atoms with Gasteiger partial charge in [-0.3, -0.25) is 9.59 Å². The van der Waals surface area contributed by atoms with Crippen LogP contribution in [-0.2, 0) is 4.79 Å². The van der Waals surface area contributed by atoms with Crippen LogP contribution in [0.4, 0.5) is 0 Å². The number of carbonyl (C=O) groups excluding carboxylic acids is 2. The standard InChI is InChI=1S/C15H21N5O2/c1-9(2)14(21)16-5-6-17-15(22)12-8-18-13-7-10(3)19-20(13)11(12)4/h7-9H,5-6H2,1-4H3,(H,16,21)(H,17,22). The van der Waals surface area contributed by atoms with E-state index in [-0.39, 0.29) is 17.7 Å². The van der Waals surface area contributed by atoms with Crippen molar-refractivity contribution in [1.82, 2.24) is 25.2 Å². The second kappa shape index (κ2) is 6.55. The molecule has 22 heavy (non-hydrogen) atoms.